The summed E-state index contributed by atoms with van der Waals surface area (Å²) in [6, 6.07) is 5.78. The van der Waals surface area contributed by atoms with E-state index in [0.29, 0.717) is 0 Å². The molecule has 0 aromatic heterocycles. The number of carbonyl (C=O) groups excluding carboxylic acids is 1. The summed E-state index contributed by atoms with van der Waals surface area (Å²) in [5, 5.41) is 2.74. The Bertz CT molecular complexity index is 589. The Kier molecular flexibility index (Phi) is 9.32. The number of thioether (sulfide) groups is 1. The number of ether oxygens (including phenoxy) is 2. The van der Waals surface area contributed by atoms with E-state index in [-0.39, 0.29) is 0 Å². The van der Waals surface area contributed by atoms with Gasteiger partial charge in [-0.15, -0.1) is 0 Å². The molecule has 0 spiro atoms. The molecular weight excluding hydrogens is 358 g/mol. The second kappa shape index (κ2) is 11.5. The van der Waals surface area contributed by atoms with E-state index >= 15 is 0 Å². The van der Waals surface area contributed by atoms with Crippen LogP contribution in [0.1, 0.15) is 77.7 Å². The van der Waals surface area contributed by atoms with E-state index in [0.717, 1.165) is 30.0 Å². The lowest BCUT2D eigenvalue weighted by molar-refractivity contribution is 0.0418. The van der Waals surface area contributed by atoms with Crippen molar-refractivity contribution in [1.82, 2.24) is 0 Å². The van der Waals surface area contributed by atoms with Crippen molar-refractivity contribution in [1.29, 1.82) is 0 Å². The van der Waals surface area contributed by atoms with Gasteiger partial charge in [0.2, 0.25) is 0 Å². The van der Waals surface area contributed by atoms with E-state index < -0.39 is 11.7 Å². The molecule has 2 rings (SSSR count). The van der Waals surface area contributed by atoms with E-state index in [1.54, 1.807) is 0 Å². The van der Waals surface area contributed by atoms with Crippen molar-refractivity contribution >= 4 is 23.5 Å². The highest BCUT2D eigenvalue weighted by Crippen LogP contribution is 2.37. The maximum Gasteiger partial charge on any atom is 0.412 e. The second-order valence-corrected chi connectivity index (χ2v) is 8.89. The predicted octanol–water partition coefficient (Wildman–Crippen LogP) is 6.74. The maximum absolute atomic E-state index is 11.6. The van der Waals surface area contributed by atoms with Crippen LogP contribution in [0.4, 0.5) is 10.5 Å². The monoisotopic (exact) mass is 393 g/mol. The van der Waals surface area contributed by atoms with Crippen molar-refractivity contribution in [2.24, 2.45) is 0 Å². The van der Waals surface area contributed by atoms with Gasteiger partial charge in [0.25, 0.3) is 0 Å². The molecule has 1 amide bonds. The summed E-state index contributed by atoms with van der Waals surface area (Å²) in [6.07, 6.45) is 10.1. The van der Waals surface area contributed by atoms with Crippen molar-refractivity contribution < 1.29 is 14.3 Å². The van der Waals surface area contributed by atoms with E-state index in [4.69, 9.17) is 9.47 Å². The summed E-state index contributed by atoms with van der Waals surface area (Å²) in [5.74, 6) is 3.34. The Labute approximate surface area is 168 Å². The Morgan fingerprint density at radius 2 is 1.74 bits per heavy atom. The second-order valence-electron chi connectivity index (χ2n) is 7.67. The molecule has 0 saturated heterocycles. The Balaban J connectivity index is 1.57. The number of unbranched alkanes of at least 4 members (excludes halogenated alkanes) is 6. The van der Waals surface area contributed by atoms with Crippen LogP contribution in [0.5, 0.6) is 5.75 Å². The largest absolute Gasteiger partial charge is 0.494 e. The molecule has 1 aliphatic heterocycles. The normalized spacial score (nSPS) is 15.0. The first-order valence-electron chi connectivity index (χ1n) is 10.4. The highest BCUT2D eigenvalue weighted by Gasteiger charge is 2.33. The van der Waals surface area contributed by atoms with Gasteiger partial charge in [-0.1, -0.05) is 39.0 Å². The van der Waals surface area contributed by atoms with Crippen molar-refractivity contribution in [2.75, 3.05) is 23.4 Å². The summed E-state index contributed by atoms with van der Waals surface area (Å²) < 4.78 is 11.3. The lowest BCUT2D eigenvalue weighted by Gasteiger charge is -2.32. The van der Waals surface area contributed by atoms with Crippen LogP contribution in [0, 0.1) is 0 Å². The lowest BCUT2D eigenvalue weighted by atomic mass is 9.94. The molecule has 0 bridgehead atoms. The maximum atomic E-state index is 11.6. The first-order chi connectivity index (χ1) is 13.0. The topological polar surface area (TPSA) is 47.6 Å². The van der Waals surface area contributed by atoms with Crippen LogP contribution in [-0.2, 0) is 10.3 Å². The molecule has 5 heteroatoms. The molecule has 0 saturated carbocycles. The van der Waals surface area contributed by atoms with Gasteiger partial charge in [-0.05, 0) is 62.8 Å². The molecule has 1 aliphatic rings. The summed E-state index contributed by atoms with van der Waals surface area (Å²) in [7, 11) is 0. The van der Waals surface area contributed by atoms with E-state index in [2.05, 4.69) is 24.0 Å². The molecule has 1 aromatic carbocycles. The van der Waals surface area contributed by atoms with Gasteiger partial charge in [0.05, 0.1) is 12.3 Å². The number of carbonyl (C=O) groups is 1. The van der Waals surface area contributed by atoms with Crippen molar-refractivity contribution in [3.63, 3.8) is 0 Å². The Hall–Kier alpha value is -1.36. The summed E-state index contributed by atoms with van der Waals surface area (Å²) in [4.78, 5) is 11.6. The fourth-order valence-corrected chi connectivity index (χ4v) is 4.25. The number of fused-ring (bicyclic) bond motifs is 1. The zero-order valence-corrected chi connectivity index (χ0v) is 18.0. The lowest BCUT2D eigenvalue weighted by Crippen LogP contribution is -2.34. The fourth-order valence-electron chi connectivity index (χ4n) is 3.23. The third-order valence-corrected chi connectivity index (χ3v) is 5.97. The highest BCUT2D eigenvalue weighted by atomic mass is 32.2. The number of hydrogen-bond donors (Lipinski definition) is 1. The quantitative estimate of drug-likeness (QED) is 0.377. The predicted molar refractivity (Wildman–Crippen MR) is 115 cm³/mol. The van der Waals surface area contributed by atoms with Crippen LogP contribution in [-0.4, -0.2) is 24.2 Å². The van der Waals surface area contributed by atoms with Crippen LogP contribution in [0.2, 0.25) is 0 Å². The minimum absolute atomic E-state index is 0.403. The van der Waals surface area contributed by atoms with Crippen molar-refractivity contribution in [3.05, 3.63) is 23.8 Å². The van der Waals surface area contributed by atoms with Crippen molar-refractivity contribution in [3.8, 4) is 5.75 Å². The summed E-state index contributed by atoms with van der Waals surface area (Å²) >= 11 is 2.07. The zero-order chi connectivity index (χ0) is 19.5. The summed E-state index contributed by atoms with van der Waals surface area (Å²) in [6.45, 7) is 6.79. The van der Waals surface area contributed by atoms with Gasteiger partial charge in [0.15, 0.2) is 0 Å². The number of rotatable bonds is 13. The van der Waals surface area contributed by atoms with Gasteiger partial charge in [-0.3, -0.25) is 5.32 Å². The van der Waals surface area contributed by atoms with Crippen LogP contribution in [0.25, 0.3) is 0 Å². The summed E-state index contributed by atoms with van der Waals surface area (Å²) in [5.41, 5.74) is 1.12. The van der Waals surface area contributed by atoms with Crippen molar-refractivity contribution in [2.45, 2.75) is 77.7 Å². The van der Waals surface area contributed by atoms with Crippen LogP contribution < -0.4 is 10.1 Å². The first-order valence-corrected chi connectivity index (χ1v) is 11.5. The average Bonchev–Trinajstić information content (AvgIpc) is 2.62. The minimum Gasteiger partial charge on any atom is -0.494 e. The van der Waals surface area contributed by atoms with Gasteiger partial charge in [0.1, 0.15) is 11.4 Å². The number of anilines is 1. The van der Waals surface area contributed by atoms with E-state index in [1.165, 1.54) is 56.5 Å². The molecule has 0 unspecified atom stereocenters. The average molecular weight is 394 g/mol. The van der Waals surface area contributed by atoms with Crippen LogP contribution in [0.3, 0.4) is 0 Å². The molecule has 0 fully saturated rings. The standard InChI is InChI=1S/C22H35NO3S/c1-4-5-6-7-8-10-15-27-16-11-9-14-25-18-12-13-20-19(17-18)22(2,3)26-21(24)23-20/h12-13,17H,4-11,14-16H2,1-3H3,(H,23,24). The molecule has 0 radical (unpaired) electrons. The van der Waals surface area contributed by atoms with Gasteiger partial charge >= 0.3 is 6.09 Å². The molecule has 152 valence electrons. The van der Waals surface area contributed by atoms with Gasteiger partial charge in [-0.2, -0.15) is 11.8 Å². The smallest absolute Gasteiger partial charge is 0.412 e. The molecule has 1 N–H and O–H groups in total. The minimum atomic E-state index is -0.635. The zero-order valence-electron chi connectivity index (χ0n) is 17.1. The number of cyclic esters (lactones) is 1. The fraction of sp³-hybridized carbons (Fsp3) is 0.682. The van der Waals surface area contributed by atoms with Crippen LogP contribution in [0.15, 0.2) is 18.2 Å². The van der Waals surface area contributed by atoms with Crippen LogP contribution >= 0.6 is 11.8 Å². The van der Waals surface area contributed by atoms with Gasteiger partial charge in [-0.25, -0.2) is 4.79 Å². The molecule has 4 nitrogen and oxygen atoms in total. The molecule has 0 aliphatic carbocycles. The van der Waals surface area contributed by atoms with E-state index in [9.17, 15) is 4.79 Å². The Morgan fingerprint density at radius 1 is 1.04 bits per heavy atom. The number of amides is 1. The van der Waals surface area contributed by atoms with Gasteiger partial charge in [0, 0.05) is 5.56 Å². The third kappa shape index (κ3) is 7.65. The molecule has 1 aromatic rings. The molecule has 0 atom stereocenters. The SMILES string of the molecule is CCCCCCCCSCCCCOc1ccc2c(c1)C(C)(C)OC(=O)N2. The number of benzene rings is 1. The molecule has 27 heavy (non-hydrogen) atoms. The highest BCUT2D eigenvalue weighted by molar-refractivity contribution is 7.99. The van der Waals surface area contributed by atoms with E-state index in [1.807, 2.05) is 32.0 Å². The number of hydrogen-bond acceptors (Lipinski definition) is 4. The Morgan fingerprint density at radius 3 is 2.52 bits per heavy atom. The molecule has 1 heterocycles. The first kappa shape index (κ1) is 21.9. The van der Waals surface area contributed by atoms with Gasteiger partial charge < -0.3 is 9.47 Å². The third-order valence-electron chi connectivity index (χ3n) is 4.82. The number of nitrogens with one attached hydrogen (secondary N) is 1. The molecular formula is C22H35NO3S.